The lowest BCUT2D eigenvalue weighted by Gasteiger charge is -2.33. The number of benzene rings is 3. The van der Waals surface area contributed by atoms with Gasteiger partial charge in [0.05, 0.1) is 18.9 Å². The monoisotopic (exact) mass is 613 g/mol. The molecular weight excluding hydrogens is 574 g/mol. The molecule has 0 spiro atoms. The van der Waals surface area contributed by atoms with Crippen LogP contribution in [0.3, 0.4) is 0 Å². The molecule has 0 radical (unpaired) electrons. The molecule has 2 amide bonds. The van der Waals surface area contributed by atoms with Crippen molar-refractivity contribution in [2.24, 2.45) is 0 Å². The van der Waals surface area contributed by atoms with E-state index in [9.17, 15) is 18.0 Å². The maximum atomic E-state index is 14.0. The van der Waals surface area contributed by atoms with Crippen LogP contribution in [0.25, 0.3) is 0 Å². The van der Waals surface area contributed by atoms with Crippen LogP contribution in [-0.2, 0) is 43.9 Å². The summed E-state index contributed by atoms with van der Waals surface area (Å²) in [5.41, 5.74) is 2.39. The number of carbonyl (C=O) groups is 2. The molecule has 0 fully saturated rings. The number of amides is 2. The first kappa shape index (κ1) is 33.3. The number of carbonyl (C=O) groups excluding carboxylic acids is 2. The molecule has 8 nitrogen and oxygen atoms in total. The topological polar surface area (TPSA) is 96.0 Å². The maximum absolute atomic E-state index is 14.0. The number of nitrogens with one attached hydrogen (secondary N) is 1. The second-order valence-electron chi connectivity index (χ2n) is 10.4. The second kappa shape index (κ2) is 16.4. The summed E-state index contributed by atoms with van der Waals surface area (Å²) >= 11 is 6.10. The molecule has 3 aromatic carbocycles. The Morgan fingerprint density at radius 1 is 0.857 bits per heavy atom. The molecular formula is C32H40ClN3O5S. The molecule has 10 heteroatoms. The second-order valence-corrected chi connectivity index (χ2v) is 12.9. The van der Waals surface area contributed by atoms with Gasteiger partial charge >= 0.3 is 0 Å². The van der Waals surface area contributed by atoms with Crippen LogP contribution in [0.5, 0.6) is 0 Å². The third-order valence-electron chi connectivity index (χ3n) is 6.59. The Hall–Kier alpha value is -3.24. The zero-order chi connectivity index (χ0) is 30.5. The first-order chi connectivity index (χ1) is 20.0. The van der Waals surface area contributed by atoms with Crippen LogP contribution in [-0.4, -0.2) is 67.5 Å². The average molecular weight is 614 g/mol. The molecule has 3 rings (SSSR count). The number of hydrogen-bond acceptors (Lipinski definition) is 5. The van der Waals surface area contributed by atoms with Gasteiger partial charge in [-0.05, 0) is 49.1 Å². The van der Waals surface area contributed by atoms with Gasteiger partial charge in [0, 0.05) is 37.7 Å². The van der Waals surface area contributed by atoms with Gasteiger partial charge in [0.1, 0.15) is 6.04 Å². The van der Waals surface area contributed by atoms with Crippen LogP contribution in [0.15, 0.2) is 84.9 Å². The average Bonchev–Trinajstić information content (AvgIpc) is 2.95. The van der Waals surface area contributed by atoms with Gasteiger partial charge in [-0.2, -0.15) is 4.31 Å². The Labute approximate surface area is 254 Å². The Balaban J connectivity index is 1.92. The third kappa shape index (κ3) is 11.2. The summed E-state index contributed by atoms with van der Waals surface area (Å²) in [6, 6.07) is 24.7. The van der Waals surface area contributed by atoms with E-state index < -0.39 is 28.5 Å². The van der Waals surface area contributed by atoms with Crippen molar-refractivity contribution in [1.29, 1.82) is 0 Å². The van der Waals surface area contributed by atoms with Gasteiger partial charge in [-0.25, -0.2) is 8.42 Å². The smallest absolute Gasteiger partial charge is 0.243 e. The molecule has 1 atom stereocenters. The Bertz CT molecular complexity index is 1370. The fourth-order valence-electron chi connectivity index (χ4n) is 4.38. The van der Waals surface area contributed by atoms with E-state index in [1.807, 2.05) is 74.5 Å². The summed E-state index contributed by atoms with van der Waals surface area (Å²) in [6.07, 6.45) is 2.05. The van der Waals surface area contributed by atoms with Gasteiger partial charge in [-0.3, -0.25) is 9.59 Å². The highest BCUT2D eigenvalue weighted by Crippen LogP contribution is 2.18. The largest absolute Gasteiger partial charge is 0.379 e. The summed E-state index contributed by atoms with van der Waals surface area (Å²) in [7, 11) is -3.75. The predicted octanol–water partition coefficient (Wildman–Crippen LogP) is 4.67. The standard InChI is InChI=1S/C32H40ClN3O5S/c1-25(2)41-20-10-19-34-32(38)30(21-26-11-6-4-7-12-26)36(23-28-15-17-29(33)18-16-28)31(37)24-35(42(3,39)40)22-27-13-8-5-9-14-27/h4-9,11-18,25,30H,10,19-24H2,1-3H3,(H,34,38)/t30-/m1/s1. The van der Waals surface area contributed by atoms with Crippen LogP contribution in [0, 0.1) is 0 Å². The molecule has 3 aromatic rings. The van der Waals surface area contributed by atoms with E-state index in [2.05, 4.69) is 5.32 Å². The Morgan fingerprint density at radius 2 is 1.43 bits per heavy atom. The quantitative estimate of drug-likeness (QED) is 0.237. The first-order valence-electron chi connectivity index (χ1n) is 14.0. The fraction of sp³-hybridized carbons (Fsp3) is 0.375. The van der Waals surface area contributed by atoms with Crippen LogP contribution in [0.2, 0.25) is 5.02 Å². The molecule has 0 bridgehead atoms. The molecule has 0 aliphatic rings. The Morgan fingerprint density at radius 3 is 2.00 bits per heavy atom. The molecule has 0 aliphatic heterocycles. The summed E-state index contributed by atoms with van der Waals surface area (Å²) in [4.78, 5) is 29.2. The van der Waals surface area contributed by atoms with E-state index in [-0.39, 0.29) is 31.5 Å². The van der Waals surface area contributed by atoms with E-state index in [1.165, 1.54) is 4.90 Å². The van der Waals surface area contributed by atoms with Gasteiger partial charge < -0.3 is 15.0 Å². The predicted molar refractivity (Wildman–Crippen MR) is 166 cm³/mol. The SMILES string of the molecule is CC(C)OCCCNC(=O)[C@@H](Cc1ccccc1)N(Cc1ccc(Cl)cc1)C(=O)CN(Cc1ccccc1)S(C)(=O)=O. The number of halogens is 1. The maximum Gasteiger partial charge on any atom is 0.243 e. The number of ether oxygens (including phenoxy) is 1. The molecule has 0 saturated heterocycles. The number of hydrogen-bond donors (Lipinski definition) is 1. The van der Waals surface area contributed by atoms with Crippen LogP contribution >= 0.6 is 11.6 Å². The molecule has 0 unspecified atom stereocenters. The third-order valence-corrected chi connectivity index (χ3v) is 8.04. The minimum absolute atomic E-state index is 0.0333. The lowest BCUT2D eigenvalue weighted by molar-refractivity contribution is -0.141. The summed E-state index contributed by atoms with van der Waals surface area (Å²) in [6.45, 7) is 4.49. The van der Waals surface area contributed by atoms with Crippen LogP contribution < -0.4 is 5.32 Å². The molecule has 1 N–H and O–H groups in total. The van der Waals surface area contributed by atoms with Crippen molar-refractivity contribution < 1.29 is 22.7 Å². The van der Waals surface area contributed by atoms with E-state index >= 15 is 0 Å². The molecule has 226 valence electrons. The van der Waals surface area contributed by atoms with Crippen molar-refractivity contribution in [1.82, 2.24) is 14.5 Å². The van der Waals surface area contributed by atoms with Gasteiger partial charge in [-0.1, -0.05) is 84.4 Å². The van der Waals surface area contributed by atoms with Crippen molar-refractivity contribution in [3.8, 4) is 0 Å². The highest BCUT2D eigenvalue weighted by atomic mass is 35.5. The number of sulfonamides is 1. The van der Waals surface area contributed by atoms with Gasteiger partial charge in [0.15, 0.2) is 0 Å². The lowest BCUT2D eigenvalue weighted by Crippen LogP contribution is -2.53. The lowest BCUT2D eigenvalue weighted by atomic mass is 10.0. The van der Waals surface area contributed by atoms with Crippen molar-refractivity contribution in [3.05, 3.63) is 107 Å². The minimum Gasteiger partial charge on any atom is -0.379 e. The highest BCUT2D eigenvalue weighted by molar-refractivity contribution is 7.88. The Kier molecular flexibility index (Phi) is 13.0. The van der Waals surface area contributed by atoms with E-state index in [0.29, 0.717) is 24.6 Å². The molecule has 0 aliphatic carbocycles. The number of rotatable bonds is 16. The van der Waals surface area contributed by atoms with Crippen LogP contribution in [0.4, 0.5) is 0 Å². The van der Waals surface area contributed by atoms with Crippen LogP contribution in [0.1, 0.15) is 37.0 Å². The van der Waals surface area contributed by atoms with E-state index in [0.717, 1.165) is 27.3 Å². The fourth-order valence-corrected chi connectivity index (χ4v) is 5.23. The van der Waals surface area contributed by atoms with Crippen molar-refractivity contribution >= 4 is 33.4 Å². The van der Waals surface area contributed by atoms with E-state index in [4.69, 9.17) is 16.3 Å². The minimum atomic E-state index is -3.75. The van der Waals surface area contributed by atoms with Gasteiger partial charge in [0.2, 0.25) is 21.8 Å². The van der Waals surface area contributed by atoms with Gasteiger partial charge in [0.25, 0.3) is 0 Å². The normalized spacial score (nSPS) is 12.3. The highest BCUT2D eigenvalue weighted by Gasteiger charge is 2.32. The van der Waals surface area contributed by atoms with Crippen molar-refractivity contribution in [3.63, 3.8) is 0 Å². The van der Waals surface area contributed by atoms with Crippen molar-refractivity contribution in [2.75, 3.05) is 26.0 Å². The molecule has 42 heavy (non-hydrogen) atoms. The summed E-state index contributed by atoms with van der Waals surface area (Å²) in [5, 5.41) is 3.51. The molecule has 0 saturated carbocycles. The zero-order valence-electron chi connectivity index (χ0n) is 24.4. The number of nitrogens with zero attached hydrogens (tertiary/aromatic N) is 2. The van der Waals surface area contributed by atoms with Crippen molar-refractivity contribution in [2.45, 2.75) is 51.9 Å². The summed E-state index contributed by atoms with van der Waals surface area (Å²) < 4.78 is 32.3. The zero-order valence-corrected chi connectivity index (χ0v) is 26.0. The van der Waals surface area contributed by atoms with Gasteiger partial charge in [-0.15, -0.1) is 0 Å². The summed E-state index contributed by atoms with van der Waals surface area (Å²) in [5.74, 6) is -0.801. The van der Waals surface area contributed by atoms with E-state index in [1.54, 1.807) is 24.3 Å². The molecule has 0 heterocycles. The first-order valence-corrected chi connectivity index (χ1v) is 16.2. The molecule has 0 aromatic heterocycles.